The Morgan fingerprint density at radius 2 is 1.39 bits per heavy atom. The second-order valence-electron chi connectivity index (χ2n) is 3.06. The first-order valence-corrected chi connectivity index (χ1v) is 8.45. The van der Waals surface area contributed by atoms with Gasteiger partial charge in [0.1, 0.15) is 5.25 Å². The van der Waals surface area contributed by atoms with Crippen molar-refractivity contribution >= 4 is 85.6 Å². The van der Waals surface area contributed by atoms with Crippen LogP contribution in [0.3, 0.4) is 0 Å². The number of carboxylic acid groups (broad SMARTS) is 1. The van der Waals surface area contributed by atoms with Crippen molar-refractivity contribution in [1.29, 1.82) is 0 Å². The van der Waals surface area contributed by atoms with Gasteiger partial charge in [0.2, 0.25) is 0 Å². The van der Waals surface area contributed by atoms with Crippen molar-refractivity contribution in [2.75, 3.05) is 0 Å². The summed E-state index contributed by atoms with van der Waals surface area (Å²) in [5.74, 6) is -0.939. The fraction of sp³-hybridized carbons (Fsp3) is 0.222. The lowest BCUT2D eigenvalue weighted by atomic mass is 10.3. The minimum absolute atomic E-state index is 0.0777. The van der Waals surface area contributed by atoms with Gasteiger partial charge in [-0.2, -0.15) is 0 Å². The molecular formula is C9H5Cl5O2S2. The highest BCUT2D eigenvalue weighted by atomic mass is 35.5. The predicted molar refractivity (Wildman–Crippen MR) is 82.0 cm³/mol. The number of halogens is 5. The second kappa shape index (κ2) is 7.02. The Kier molecular flexibility index (Phi) is 6.59. The lowest BCUT2D eigenvalue weighted by Crippen LogP contribution is -2.09. The summed E-state index contributed by atoms with van der Waals surface area (Å²) in [5, 5.41) is 8.74. The molecule has 0 saturated carbocycles. The minimum Gasteiger partial charge on any atom is -0.480 e. The molecule has 0 aliphatic rings. The standard InChI is InChI=1S/C9H5Cl5O2S2/c1-2(9(15)16)17-18-8-6(13)4(11)3(10)5(12)7(8)14/h2H,1H3,(H,15,16). The number of benzene rings is 1. The van der Waals surface area contributed by atoms with Crippen LogP contribution >= 0.6 is 79.6 Å². The van der Waals surface area contributed by atoms with Crippen LogP contribution < -0.4 is 0 Å². The predicted octanol–water partition coefficient (Wildman–Crippen LogP) is 6.17. The molecule has 0 aromatic heterocycles. The molecule has 0 saturated heterocycles. The zero-order valence-electron chi connectivity index (χ0n) is 8.64. The van der Waals surface area contributed by atoms with Crippen LogP contribution in [0.4, 0.5) is 0 Å². The largest absolute Gasteiger partial charge is 0.480 e. The van der Waals surface area contributed by atoms with Gasteiger partial charge in [-0.1, -0.05) is 79.6 Å². The smallest absolute Gasteiger partial charge is 0.317 e. The molecule has 1 rings (SSSR count). The number of hydrogen-bond acceptors (Lipinski definition) is 3. The summed E-state index contributed by atoms with van der Waals surface area (Å²) in [7, 11) is 2.17. The van der Waals surface area contributed by atoms with E-state index in [0.717, 1.165) is 21.6 Å². The molecule has 0 spiro atoms. The molecule has 1 aromatic carbocycles. The average molecular weight is 387 g/mol. The maximum Gasteiger partial charge on any atom is 0.317 e. The summed E-state index contributed by atoms with van der Waals surface area (Å²) in [6, 6.07) is 0. The molecular weight excluding hydrogens is 381 g/mol. The highest BCUT2D eigenvalue weighted by molar-refractivity contribution is 8.77. The molecule has 0 heterocycles. The summed E-state index contributed by atoms with van der Waals surface area (Å²) in [6.45, 7) is 1.54. The van der Waals surface area contributed by atoms with Crippen LogP contribution in [0.2, 0.25) is 25.1 Å². The first-order valence-electron chi connectivity index (χ1n) is 4.35. The third-order valence-corrected chi connectivity index (χ3v) is 7.11. The van der Waals surface area contributed by atoms with E-state index in [9.17, 15) is 4.79 Å². The SMILES string of the molecule is CC(SSc1c(Cl)c(Cl)c(Cl)c(Cl)c1Cl)C(=O)O. The number of carboxylic acids is 1. The first kappa shape index (κ1) is 16.9. The highest BCUT2D eigenvalue weighted by Gasteiger charge is 2.21. The van der Waals surface area contributed by atoms with Crippen LogP contribution in [0.25, 0.3) is 0 Å². The van der Waals surface area contributed by atoms with Crippen LogP contribution in [-0.2, 0) is 4.79 Å². The van der Waals surface area contributed by atoms with Crippen molar-refractivity contribution in [3.05, 3.63) is 25.1 Å². The summed E-state index contributed by atoms with van der Waals surface area (Å²) in [6.07, 6.45) is 0. The van der Waals surface area contributed by atoms with Gasteiger partial charge in [-0.25, -0.2) is 0 Å². The molecule has 1 atom stereocenters. The van der Waals surface area contributed by atoms with Crippen molar-refractivity contribution < 1.29 is 9.90 Å². The Bertz CT molecular complexity index is 465. The van der Waals surface area contributed by atoms with Gasteiger partial charge in [-0.3, -0.25) is 4.79 Å². The van der Waals surface area contributed by atoms with E-state index < -0.39 is 11.2 Å². The molecule has 0 aliphatic heterocycles. The van der Waals surface area contributed by atoms with Gasteiger partial charge in [0.05, 0.1) is 30.0 Å². The third-order valence-electron chi connectivity index (χ3n) is 1.79. The molecule has 18 heavy (non-hydrogen) atoms. The van der Waals surface area contributed by atoms with Gasteiger partial charge in [-0.15, -0.1) is 0 Å². The van der Waals surface area contributed by atoms with E-state index in [2.05, 4.69) is 0 Å². The molecule has 1 unspecified atom stereocenters. The van der Waals surface area contributed by atoms with Crippen LogP contribution in [0.5, 0.6) is 0 Å². The quantitative estimate of drug-likeness (QED) is 0.382. The van der Waals surface area contributed by atoms with E-state index in [0.29, 0.717) is 4.90 Å². The van der Waals surface area contributed by atoms with E-state index in [1.165, 1.54) is 0 Å². The number of hydrogen-bond donors (Lipinski definition) is 1. The molecule has 0 bridgehead atoms. The maximum atomic E-state index is 10.7. The zero-order chi connectivity index (χ0) is 14.0. The highest BCUT2D eigenvalue weighted by Crippen LogP contribution is 2.51. The Balaban J connectivity index is 3.07. The molecule has 2 nitrogen and oxygen atoms in total. The Labute approximate surface area is 137 Å². The first-order chi connectivity index (χ1) is 8.27. The second-order valence-corrected chi connectivity index (χ2v) is 7.50. The maximum absolute atomic E-state index is 10.7. The Morgan fingerprint density at radius 1 is 1.00 bits per heavy atom. The molecule has 0 amide bonds. The summed E-state index contributed by atoms with van der Waals surface area (Å²) < 4.78 is 0. The van der Waals surface area contributed by atoms with Crippen molar-refractivity contribution in [2.24, 2.45) is 0 Å². The molecule has 1 aromatic rings. The van der Waals surface area contributed by atoms with E-state index in [-0.39, 0.29) is 25.1 Å². The number of aliphatic carboxylic acids is 1. The van der Waals surface area contributed by atoms with Gasteiger partial charge in [0.15, 0.2) is 0 Å². The Morgan fingerprint density at radius 3 is 1.78 bits per heavy atom. The summed E-state index contributed by atoms with van der Waals surface area (Å²) in [5.41, 5.74) is 0. The van der Waals surface area contributed by atoms with Gasteiger partial charge < -0.3 is 5.11 Å². The van der Waals surface area contributed by atoms with Crippen LogP contribution in [0.15, 0.2) is 4.90 Å². The van der Waals surface area contributed by atoms with E-state index in [1.54, 1.807) is 6.92 Å². The molecule has 1 N–H and O–H groups in total. The van der Waals surface area contributed by atoms with Crippen molar-refractivity contribution in [2.45, 2.75) is 17.1 Å². The van der Waals surface area contributed by atoms with Crippen molar-refractivity contribution in [3.63, 3.8) is 0 Å². The monoisotopic (exact) mass is 384 g/mol. The number of carbonyl (C=O) groups is 1. The van der Waals surface area contributed by atoms with Gasteiger partial charge >= 0.3 is 5.97 Å². The lowest BCUT2D eigenvalue weighted by Gasteiger charge is -2.12. The van der Waals surface area contributed by atoms with Gasteiger partial charge in [0.25, 0.3) is 0 Å². The van der Waals surface area contributed by atoms with Crippen LogP contribution in [-0.4, -0.2) is 16.3 Å². The van der Waals surface area contributed by atoms with Crippen molar-refractivity contribution in [3.8, 4) is 0 Å². The fourth-order valence-corrected chi connectivity index (χ4v) is 4.72. The normalized spacial score (nSPS) is 12.6. The van der Waals surface area contributed by atoms with Gasteiger partial charge in [0, 0.05) is 0 Å². The zero-order valence-corrected chi connectivity index (χ0v) is 14.1. The van der Waals surface area contributed by atoms with E-state index in [1.807, 2.05) is 0 Å². The third kappa shape index (κ3) is 3.69. The van der Waals surface area contributed by atoms with Crippen LogP contribution in [0, 0.1) is 0 Å². The molecule has 100 valence electrons. The summed E-state index contributed by atoms with van der Waals surface area (Å²) in [4.78, 5) is 11.1. The molecule has 0 fully saturated rings. The number of rotatable bonds is 4. The van der Waals surface area contributed by atoms with Crippen molar-refractivity contribution in [1.82, 2.24) is 0 Å². The Hall–Kier alpha value is 0.840. The lowest BCUT2D eigenvalue weighted by molar-refractivity contribution is -0.136. The molecule has 0 aliphatic carbocycles. The van der Waals surface area contributed by atoms with Crippen LogP contribution in [0.1, 0.15) is 6.92 Å². The van der Waals surface area contributed by atoms with E-state index >= 15 is 0 Å². The molecule has 9 heteroatoms. The molecule has 0 radical (unpaired) electrons. The fourth-order valence-electron chi connectivity index (χ4n) is 0.819. The van der Waals surface area contributed by atoms with Gasteiger partial charge in [-0.05, 0) is 6.92 Å². The summed E-state index contributed by atoms with van der Waals surface area (Å²) >= 11 is 29.6. The topological polar surface area (TPSA) is 37.3 Å². The average Bonchev–Trinajstić information content (AvgIpc) is 2.33. The minimum atomic E-state index is -0.939. The van der Waals surface area contributed by atoms with E-state index in [4.69, 9.17) is 63.1 Å².